The highest BCUT2D eigenvalue weighted by Gasteiger charge is 2.56. The Balaban J connectivity index is 1.73. The van der Waals surface area contributed by atoms with Crippen molar-refractivity contribution in [3.8, 4) is 0 Å². The maximum atomic E-state index is 14.0. The molecule has 14 heteroatoms. The number of pyridine rings is 1. The van der Waals surface area contributed by atoms with Crippen LogP contribution in [0.25, 0.3) is 0 Å². The summed E-state index contributed by atoms with van der Waals surface area (Å²) in [5.74, 6) is 0.182. The van der Waals surface area contributed by atoms with Crippen LogP contribution in [0.5, 0.6) is 0 Å². The number of carbonyl (C=O) groups excluding carboxylic acids is 2. The summed E-state index contributed by atoms with van der Waals surface area (Å²) < 4.78 is 62.7. The minimum Gasteiger partial charge on any atom is -0.354 e. The summed E-state index contributed by atoms with van der Waals surface area (Å²) in [5.41, 5.74) is -6.07. The SMILES string of the molecule is CCN(CC)C(c1ccnc(N2CCN(C)CC2)c1)N1C(=O)N(c2ccc(S(=O)(=O)C(F)(F)F)cc2)C(=O)C1(C)C. The van der Waals surface area contributed by atoms with E-state index in [4.69, 9.17) is 0 Å². The van der Waals surface area contributed by atoms with Gasteiger partial charge in [0, 0.05) is 32.4 Å². The number of imide groups is 1. The summed E-state index contributed by atoms with van der Waals surface area (Å²) >= 11 is 0. The van der Waals surface area contributed by atoms with Crippen molar-refractivity contribution in [2.45, 2.75) is 49.8 Å². The van der Waals surface area contributed by atoms with Gasteiger partial charge in [-0.2, -0.15) is 13.2 Å². The van der Waals surface area contributed by atoms with Gasteiger partial charge >= 0.3 is 11.5 Å². The highest BCUT2D eigenvalue weighted by atomic mass is 32.2. The summed E-state index contributed by atoms with van der Waals surface area (Å²) in [6, 6.07) is 6.66. The van der Waals surface area contributed by atoms with Crippen molar-refractivity contribution < 1.29 is 31.2 Å². The fraction of sp³-hybridized carbons (Fsp3) is 0.519. The number of carbonyl (C=O) groups is 2. The number of likely N-dealkylation sites (N-methyl/N-ethyl adjacent to an activating group) is 1. The molecule has 41 heavy (non-hydrogen) atoms. The number of piperazine rings is 1. The summed E-state index contributed by atoms with van der Waals surface area (Å²) in [7, 11) is -3.52. The molecular weight excluding hydrogens is 561 g/mol. The highest BCUT2D eigenvalue weighted by Crippen LogP contribution is 2.41. The monoisotopic (exact) mass is 596 g/mol. The molecule has 4 rings (SSSR count). The van der Waals surface area contributed by atoms with Crippen molar-refractivity contribution in [2.24, 2.45) is 0 Å². The van der Waals surface area contributed by atoms with Crippen LogP contribution in [0, 0.1) is 0 Å². The number of hydrogen-bond acceptors (Lipinski definition) is 8. The van der Waals surface area contributed by atoms with E-state index < -0.39 is 43.9 Å². The van der Waals surface area contributed by atoms with Crippen LogP contribution in [0.2, 0.25) is 0 Å². The van der Waals surface area contributed by atoms with Gasteiger partial charge in [-0.15, -0.1) is 0 Å². The molecule has 1 atom stereocenters. The Hall–Kier alpha value is -3.23. The Morgan fingerprint density at radius 3 is 2.12 bits per heavy atom. The van der Waals surface area contributed by atoms with Crippen LogP contribution in [0.1, 0.15) is 39.4 Å². The molecule has 0 saturated carbocycles. The zero-order valence-electron chi connectivity index (χ0n) is 23.7. The van der Waals surface area contributed by atoms with E-state index in [1.165, 1.54) is 4.90 Å². The fourth-order valence-electron chi connectivity index (χ4n) is 5.25. The van der Waals surface area contributed by atoms with E-state index >= 15 is 0 Å². The van der Waals surface area contributed by atoms with Gasteiger partial charge in [-0.3, -0.25) is 14.6 Å². The zero-order valence-corrected chi connectivity index (χ0v) is 24.5. The second-order valence-electron chi connectivity index (χ2n) is 10.6. The summed E-state index contributed by atoms with van der Waals surface area (Å²) in [6.07, 6.45) is 1.03. The number of benzene rings is 1. The number of sulfone groups is 1. The molecule has 224 valence electrons. The molecule has 0 bridgehead atoms. The van der Waals surface area contributed by atoms with Crippen molar-refractivity contribution in [1.29, 1.82) is 0 Å². The van der Waals surface area contributed by atoms with Crippen LogP contribution in [-0.2, 0) is 14.6 Å². The topological polar surface area (TPSA) is 97.4 Å². The van der Waals surface area contributed by atoms with E-state index in [1.807, 2.05) is 30.9 Å². The largest absolute Gasteiger partial charge is 0.501 e. The Morgan fingerprint density at radius 1 is 1.00 bits per heavy atom. The highest BCUT2D eigenvalue weighted by molar-refractivity contribution is 7.92. The lowest BCUT2D eigenvalue weighted by Gasteiger charge is -2.42. The van der Waals surface area contributed by atoms with Crippen molar-refractivity contribution in [3.05, 3.63) is 48.2 Å². The quantitative estimate of drug-likeness (QED) is 0.426. The minimum absolute atomic E-state index is 0.0251. The van der Waals surface area contributed by atoms with Gasteiger partial charge in [0.05, 0.1) is 10.6 Å². The smallest absolute Gasteiger partial charge is 0.354 e. The van der Waals surface area contributed by atoms with Gasteiger partial charge < -0.3 is 9.80 Å². The van der Waals surface area contributed by atoms with E-state index in [9.17, 15) is 31.2 Å². The van der Waals surface area contributed by atoms with Crippen LogP contribution in [0.15, 0.2) is 47.5 Å². The third-order valence-electron chi connectivity index (χ3n) is 7.73. The lowest BCUT2D eigenvalue weighted by Crippen LogP contribution is -2.52. The Morgan fingerprint density at radius 2 is 1.59 bits per heavy atom. The van der Waals surface area contributed by atoms with Gasteiger partial charge in [0.1, 0.15) is 17.5 Å². The first-order chi connectivity index (χ1) is 19.1. The molecule has 3 amide bonds. The van der Waals surface area contributed by atoms with Crippen molar-refractivity contribution in [2.75, 3.05) is 56.1 Å². The molecule has 3 heterocycles. The predicted molar refractivity (Wildman–Crippen MR) is 148 cm³/mol. The third kappa shape index (κ3) is 5.52. The third-order valence-corrected chi connectivity index (χ3v) is 9.24. The number of amides is 3. The molecule has 2 saturated heterocycles. The Labute approximate surface area is 238 Å². The van der Waals surface area contributed by atoms with Crippen LogP contribution in [-0.4, -0.2) is 97.4 Å². The number of nitrogens with zero attached hydrogens (tertiary/aromatic N) is 6. The number of rotatable bonds is 8. The van der Waals surface area contributed by atoms with E-state index in [-0.39, 0.29) is 5.69 Å². The van der Waals surface area contributed by atoms with Crippen molar-refractivity contribution in [1.82, 2.24) is 19.7 Å². The first-order valence-corrected chi connectivity index (χ1v) is 14.9. The van der Waals surface area contributed by atoms with Gasteiger partial charge in [0.25, 0.3) is 15.7 Å². The maximum absolute atomic E-state index is 14.0. The van der Waals surface area contributed by atoms with Gasteiger partial charge in [-0.25, -0.2) is 23.1 Å². The molecule has 1 aromatic heterocycles. The van der Waals surface area contributed by atoms with E-state index in [0.29, 0.717) is 13.1 Å². The normalized spacial score (nSPS) is 19.4. The molecule has 0 N–H and O–H groups in total. The Kier molecular flexibility index (Phi) is 8.40. The molecule has 10 nitrogen and oxygen atoms in total. The first-order valence-electron chi connectivity index (χ1n) is 13.4. The molecule has 2 aliphatic heterocycles. The molecule has 2 fully saturated rings. The van der Waals surface area contributed by atoms with Crippen LogP contribution in [0.4, 0.5) is 29.5 Å². The summed E-state index contributed by atoms with van der Waals surface area (Å²) in [6.45, 7) is 11.6. The van der Waals surface area contributed by atoms with E-state index in [0.717, 1.165) is 66.7 Å². The predicted octanol–water partition coefficient (Wildman–Crippen LogP) is 3.71. The number of hydrogen-bond donors (Lipinski definition) is 0. The number of urea groups is 1. The van der Waals surface area contributed by atoms with Crippen molar-refractivity contribution in [3.63, 3.8) is 0 Å². The standard InChI is InChI=1S/C27H35F3N6O4S/c1-6-33(7-2)23(19-12-13-31-22(18-19)34-16-14-32(5)15-17-34)36-25(38)35(24(37)26(36,3)4)20-8-10-21(11-9-20)41(39,40)27(28,29)30/h8-13,18,23H,6-7,14-17H2,1-5H3. The van der Waals surface area contributed by atoms with Gasteiger partial charge in [-0.05, 0) is 75.9 Å². The maximum Gasteiger partial charge on any atom is 0.501 e. The number of alkyl halides is 3. The molecule has 0 radical (unpaired) electrons. The minimum atomic E-state index is -5.58. The Bertz CT molecular complexity index is 1390. The van der Waals surface area contributed by atoms with E-state index in [1.54, 1.807) is 20.0 Å². The molecule has 1 unspecified atom stereocenters. The zero-order chi connectivity index (χ0) is 30.3. The molecular formula is C27H35F3N6O4S. The van der Waals surface area contributed by atoms with Gasteiger partial charge in [0.15, 0.2) is 0 Å². The molecule has 2 aromatic rings. The summed E-state index contributed by atoms with van der Waals surface area (Å²) in [4.78, 5) is 40.1. The number of anilines is 2. The van der Waals surface area contributed by atoms with Gasteiger partial charge in [-0.1, -0.05) is 13.8 Å². The van der Waals surface area contributed by atoms with E-state index in [2.05, 4.69) is 21.8 Å². The molecule has 0 spiro atoms. The average Bonchev–Trinajstić information content (AvgIpc) is 3.10. The van der Waals surface area contributed by atoms with Crippen LogP contribution in [0.3, 0.4) is 0 Å². The lowest BCUT2D eigenvalue weighted by molar-refractivity contribution is -0.125. The van der Waals surface area contributed by atoms with Crippen molar-refractivity contribution >= 4 is 33.3 Å². The average molecular weight is 597 g/mol. The molecule has 0 aliphatic carbocycles. The first kappa shape index (κ1) is 30.7. The number of aromatic nitrogens is 1. The van der Waals surface area contributed by atoms with Crippen LogP contribution >= 0.6 is 0 Å². The molecule has 2 aliphatic rings. The summed E-state index contributed by atoms with van der Waals surface area (Å²) in [5, 5.41) is 0. The number of halogens is 3. The molecule has 1 aromatic carbocycles. The van der Waals surface area contributed by atoms with Crippen LogP contribution < -0.4 is 9.80 Å². The van der Waals surface area contributed by atoms with Gasteiger partial charge in [0.2, 0.25) is 0 Å². The fourth-order valence-corrected chi connectivity index (χ4v) is 6.01. The second kappa shape index (κ2) is 11.2. The lowest BCUT2D eigenvalue weighted by atomic mass is 10.0. The second-order valence-corrected chi connectivity index (χ2v) is 12.6.